The van der Waals surface area contributed by atoms with Gasteiger partial charge in [-0.25, -0.2) is 14.2 Å². The van der Waals surface area contributed by atoms with Gasteiger partial charge in [0, 0.05) is 12.2 Å². The quantitative estimate of drug-likeness (QED) is 0.260. The van der Waals surface area contributed by atoms with E-state index in [1.807, 2.05) is 58.8 Å². The van der Waals surface area contributed by atoms with E-state index in [4.69, 9.17) is 19.2 Å². The molecule has 0 bridgehead atoms. The minimum atomic E-state index is -0.616. The summed E-state index contributed by atoms with van der Waals surface area (Å²) < 4.78 is 30.5. The van der Waals surface area contributed by atoms with Gasteiger partial charge < -0.3 is 24.4 Å². The molecule has 2 aliphatic heterocycles. The average molecular weight is 602 g/mol. The van der Waals surface area contributed by atoms with Gasteiger partial charge in [-0.3, -0.25) is 4.79 Å². The fourth-order valence-electron chi connectivity index (χ4n) is 4.89. The molecular formula is C33H32FN3O5S. The molecule has 43 heavy (non-hydrogen) atoms. The van der Waals surface area contributed by atoms with Crippen LogP contribution in [-0.2, 0) is 27.5 Å². The summed E-state index contributed by atoms with van der Waals surface area (Å²) in [5, 5.41) is 5.42. The van der Waals surface area contributed by atoms with E-state index in [0.29, 0.717) is 40.2 Å². The minimum absolute atomic E-state index is 0.0499. The maximum atomic E-state index is 13.3. The van der Waals surface area contributed by atoms with Crippen LogP contribution in [0.25, 0.3) is 0 Å². The van der Waals surface area contributed by atoms with E-state index in [1.54, 1.807) is 33.1 Å². The molecule has 10 heteroatoms. The summed E-state index contributed by atoms with van der Waals surface area (Å²) in [5.74, 6) is 0.0348. The molecule has 3 aromatic rings. The van der Waals surface area contributed by atoms with Crippen molar-refractivity contribution in [2.24, 2.45) is 4.99 Å². The predicted molar refractivity (Wildman–Crippen MR) is 164 cm³/mol. The number of amidine groups is 1. The van der Waals surface area contributed by atoms with Crippen molar-refractivity contribution in [1.29, 1.82) is 0 Å². The van der Waals surface area contributed by atoms with Crippen LogP contribution < -0.4 is 14.8 Å². The number of nitrogens with one attached hydrogen (secondary N) is 1. The summed E-state index contributed by atoms with van der Waals surface area (Å²) in [4.78, 5) is 32.9. The zero-order valence-electron chi connectivity index (χ0n) is 24.1. The molecule has 0 aromatic heterocycles. The Hall–Kier alpha value is -4.57. The molecule has 2 aliphatic rings. The highest BCUT2D eigenvalue weighted by Crippen LogP contribution is 2.46. The zero-order valence-corrected chi connectivity index (χ0v) is 24.9. The first-order valence-corrected chi connectivity index (χ1v) is 14.7. The van der Waals surface area contributed by atoms with Gasteiger partial charge in [-0.15, -0.1) is 0 Å². The lowest BCUT2D eigenvalue weighted by molar-refractivity contribution is -0.139. The highest BCUT2D eigenvalue weighted by molar-refractivity contribution is 8.16. The van der Waals surface area contributed by atoms with Gasteiger partial charge >= 0.3 is 5.97 Å². The third-order valence-corrected chi connectivity index (χ3v) is 7.87. The number of esters is 1. The average Bonchev–Trinajstić information content (AvgIpc) is 3.41. The molecule has 0 spiro atoms. The Morgan fingerprint density at radius 3 is 2.51 bits per heavy atom. The van der Waals surface area contributed by atoms with Crippen LogP contribution in [-0.4, -0.2) is 35.7 Å². The van der Waals surface area contributed by atoms with Crippen LogP contribution in [0.1, 0.15) is 43.0 Å². The number of rotatable bonds is 11. The minimum Gasteiger partial charge on any atom is -0.493 e. The first-order chi connectivity index (χ1) is 20.9. The van der Waals surface area contributed by atoms with E-state index in [0.717, 1.165) is 16.7 Å². The van der Waals surface area contributed by atoms with Gasteiger partial charge in [0.15, 0.2) is 16.7 Å². The van der Waals surface area contributed by atoms with Gasteiger partial charge in [-0.05, 0) is 60.2 Å². The molecular weight excluding hydrogens is 569 g/mol. The van der Waals surface area contributed by atoms with Crippen molar-refractivity contribution in [2.75, 3.05) is 13.7 Å². The smallest absolute Gasteiger partial charge is 0.338 e. The second kappa shape index (κ2) is 13.6. The van der Waals surface area contributed by atoms with Crippen molar-refractivity contribution in [1.82, 2.24) is 10.2 Å². The number of amides is 1. The van der Waals surface area contributed by atoms with Crippen LogP contribution in [0.2, 0.25) is 0 Å². The van der Waals surface area contributed by atoms with Gasteiger partial charge in [0.25, 0.3) is 0 Å². The third-order valence-electron chi connectivity index (χ3n) is 6.98. The molecule has 3 aromatic carbocycles. The number of carbonyl (C=O) groups is 2. The number of ether oxygens (including phenoxy) is 3. The second-order valence-corrected chi connectivity index (χ2v) is 10.7. The lowest BCUT2D eigenvalue weighted by Crippen LogP contribution is -2.38. The topological polar surface area (TPSA) is 89.5 Å². The van der Waals surface area contributed by atoms with Gasteiger partial charge in [0.2, 0.25) is 5.91 Å². The molecule has 5 rings (SSSR count). The van der Waals surface area contributed by atoms with E-state index in [-0.39, 0.29) is 31.3 Å². The molecule has 1 unspecified atom stereocenters. The Kier molecular flexibility index (Phi) is 9.46. The first kappa shape index (κ1) is 29.9. The Morgan fingerprint density at radius 2 is 1.79 bits per heavy atom. The van der Waals surface area contributed by atoms with Crippen LogP contribution in [0.4, 0.5) is 4.39 Å². The Morgan fingerprint density at radius 1 is 1.02 bits per heavy atom. The van der Waals surface area contributed by atoms with Crippen molar-refractivity contribution in [3.05, 3.63) is 118 Å². The van der Waals surface area contributed by atoms with E-state index >= 15 is 0 Å². The van der Waals surface area contributed by atoms with Crippen molar-refractivity contribution >= 4 is 28.8 Å². The number of thioether (sulfide) groups is 1. The van der Waals surface area contributed by atoms with E-state index in [2.05, 4.69) is 5.32 Å². The molecule has 0 saturated heterocycles. The lowest BCUT2D eigenvalue weighted by atomic mass is 9.93. The monoisotopic (exact) mass is 601 g/mol. The van der Waals surface area contributed by atoms with Gasteiger partial charge in [0.1, 0.15) is 12.4 Å². The number of aliphatic imine (C=N–C) groups is 1. The summed E-state index contributed by atoms with van der Waals surface area (Å²) in [6.07, 6.45) is 0.0499. The number of carbonyl (C=O) groups excluding carboxylic acids is 2. The number of allylic oxidation sites excluding steroid dienone is 1. The molecule has 2 heterocycles. The summed E-state index contributed by atoms with van der Waals surface area (Å²) in [7, 11) is 1.57. The van der Waals surface area contributed by atoms with Crippen molar-refractivity contribution < 1.29 is 28.2 Å². The Labute approximate surface area is 254 Å². The van der Waals surface area contributed by atoms with Crippen molar-refractivity contribution in [3.8, 4) is 11.5 Å². The molecule has 1 N–H and O–H groups in total. The zero-order chi connectivity index (χ0) is 30.3. The molecule has 0 aliphatic carbocycles. The molecule has 8 nitrogen and oxygen atoms in total. The predicted octanol–water partition coefficient (Wildman–Crippen LogP) is 6.26. The van der Waals surface area contributed by atoms with Crippen LogP contribution in [0.5, 0.6) is 11.5 Å². The van der Waals surface area contributed by atoms with E-state index < -0.39 is 12.0 Å². The molecule has 0 saturated carbocycles. The van der Waals surface area contributed by atoms with Crippen molar-refractivity contribution in [3.63, 3.8) is 0 Å². The number of fused-ring (bicyclic) bond motifs is 1. The Bertz CT molecular complexity index is 1590. The van der Waals surface area contributed by atoms with E-state index in [9.17, 15) is 14.0 Å². The number of methoxy groups -OCH3 is 1. The fraction of sp³-hybridized carbons (Fsp3) is 0.242. The number of hydrogen-bond donors (Lipinski definition) is 1. The SMILES string of the molecule is CCOC(=O)C1=C(C)N=C2SC=C(CC(=O)NCc3ccc(F)cc3)N2C1c1ccc(OCc2ccccc2)c(OC)c1. The molecule has 222 valence electrons. The van der Waals surface area contributed by atoms with Crippen molar-refractivity contribution in [2.45, 2.75) is 39.5 Å². The molecule has 1 atom stereocenters. The first-order valence-electron chi connectivity index (χ1n) is 13.8. The van der Waals surface area contributed by atoms with Crippen LogP contribution in [0.15, 0.2) is 100 Å². The van der Waals surface area contributed by atoms with Crippen LogP contribution >= 0.6 is 11.8 Å². The highest BCUT2D eigenvalue weighted by Gasteiger charge is 2.41. The lowest BCUT2D eigenvalue weighted by Gasteiger charge is -2.36. The fourth-order valence-corrected chi connectivity index (χ4v) is 5.86. The highest BCUT2D eigenvalue weighted by atomic mass is 32.2. The standard InChI is InChI=1S/C33H32FN3O5S/c1-4-41-32(39)30-21(2)36-33-37(26(20-43-33)17-29(38)35-18-22-10-13-25(34)14-11-22)31(30)24-12-15-27(28(16-24)40-3)42-19-23-8-6-5-7-9-23/h5-16,20,31H,4,17-19H2,1-3H3,(H,35,38). The number of nitrogens with zero attached hydrogens (tertiary/aromatic N) is 2. The largest absolute Gasteiger partial charge is 0.493 e. The maximum absolute atomic E-state index is 13.3. The number of halogens is 1. The maximum Gasteiger partial charge on any atom is 0.338 e. The molecule has 0 radical (unpaired) electrons. The number of hydrogen-bond acceptors (Lipinski definition) is 8. The summed E-state index contributed by atoms with van der Waals surface area (Å²) in [5.41, 5.74) is 4.16. The summed E-state index contributed by atoms with van der Waals surface area (Å²) >= 11 is 1.39. The van der Waals surface area contributed by atoms with Gasteiger partial charge in [-0.1, -0.05) is 60.3 Å². The van der Waals surface area contributed by atoms with Crippen LogP contribution in [0, 0.1) is 5.82 Å². The van der Waals surface area contributed by atoms with Gasteiger partial charge in [-0.2, -0.15) is 0 Å². The Balaban J connectivity index is 1.42. The molecule has 1 amide bonds. The molecule has 0 fully saturated rings. The van der Waals surface area contributed by atoms with E-state index in [1.165, 1.54) is 23.9 Å². The second-order valence-electron chi connectivity index (χ2n) is 9.88. The van der Waals surface area contributed by atoms with Gasteiger partial charge in [0.05, 0.1) is 37.4 Å². The van der Waals surface area contributed by atoms with Crippen LogP contribution in [0.3, 0.4) is 0 Å². The summed E-state index contributed by atoms with van der Waals surface area (Å²) in [6, 6.07) is 20.7. The number of benzene rings is 3. The summed E-state index contributed by atoms with van der Waals surface area (Å²) in [6.45, 7) is 4.37. The third kappa shape index (κ3) is 6.91. The normalized spacial score (nSPS) is 15.8.